The van der Waals surface area contributed by atoms with Gasteiger partial charge in [0.25, 0.3) is 5.56 Å². The second-order valence-corrected chi connectivity index (χ2v) is 7.04. The molecule has 3 aromatic rings. The zero-order chi connectivity index (χ0) is 19.9. The minimum absolute atomic E-state index is 0.0978. The summed E-state index contributed by atoms with van der Waals surface area (Å²) in [5.41, 5.74) is 4.33. The van der Waals surface area contributed by atoms with Crippen LogP contribution in [0.3, 0.4) is 0 Å². The highest BCUT2D eigenvalue weighted by atomic mass is 35.5. The van der Waals surface area contributed by atoms with Gasteiger partial charge in [0.1, 0.15) is 0 Å². The highest BCUT2D eigenvalue weighted by molar-refractivity contribution is 6.30. The van der Waals surface area contributed by atoms with Crippen molar-refractivity contribution in [3.8, 4) is 0 Å². The van der Waals surface area contributed by atoms with E-state index in [2.05, 4.69) is 15.5 Å². The highest BCUT2D eigenvalue weighted by Gasteiger charge is 2.10. The lowest BCUT2D eigenvalue weighted by atomic mass is 10.2. The number of rotatable bonds is 8. The van der Waals surface area contributed by atoms with E-state index in [0.29, 0.717) is 41.4 Å². The number of anilines is 1. The number of nitrogens with one attached hydrogen (secondary N) is 1. The molecule has 6 nitrogen and oxygen atoms in total. The maximum Gasteiger partial charge on any atom is 0.262 e. The average Bonchev–Trinajstić information content (AvgIpc) is 2.68. The molecule has 28 heavy (non-hydrogen) atoms. The summed E-state index contributed by atoms with van der Waals surface area (Å²) in [6.07, 6.45) is 2.52. The van der Waals surface area contributed by atoms with Crippen LogP contribution in [0, 0.1) is 0 Å². The lowest BCUT2D eigenvalue weighted by Gasteiger charge is -2.13. The minimum atomic E-state index is -0.0978. The quantitative estimate of drug-likeness (QED) is 0.348. The van der Waals surface area contributed by atoms with Gasteiger partial charge in [0.15, 0.2) is 0 Å². The second-order valence-electron chi connectivity index (χ2n) is 6.60. The number of para-hydroxylation sites is 1. The number of fused-ring (bicyclic) bond motifs is 1. The number of aromatic nitrogens is 2. The van der Waals surface area contributed by atoms with Gasteiger partial charge in [-0.3, -0.25) is 9.36 Å². The van der Waals surface area contributed by atoms with Crippen molar-refractivity contribution in [3.63, 3.8) is 0 Å². The predicted molar refractivity (Wildman–Crippen MR) is 114 cm³/mol. The molecule has 146 valence electrons. The van der Waals surface area contributed by atoms with Crippen LogP contribution in [-0.4, -0.2) is 28.5 Å². The molecule has 1 aromatic heterocycles. The molecule has 0 saturated carbocycles. The molecule has 0 fully saturated rings. The highest BCUT2D eigenvalue weighted by Crippen LogP contribution is 2.12. The first kappa shape index (κ1) is 20.0. The SMILES string of the molecule is CC(C)OCCCn1c(N/N=C\c2ccc(Cl)cc2)nc2ccccc2c1=O. The molecule has 0 spiro atoms. The fourth-order valence-corrected chi connectivity index (χ4v) is 2.84. The Bertz CT molecular complexity index is 1010. The van der Waals surface area contributed by atoms with Crippen LogP contribution in [0.4, 0.5) is 5.95 Å². The molecule has 0 atom stereocenters. The van der Waals surface area contributed by atoms with E-state index in [1.807, 2.05) is 44.2 Å². The first-order valence-corrected chi connectivity index (χ1v) is 9.58. The number of hydrogen-bond donors (Lipinski definition) is 1. The van der Waals surface area contributed by atoms with Crippen LogP contribution in [0.5, 0.6) is 0 Å². The number of ether oxygens (including phenoxy) is 1. The predicted octanol–water partition coefficient (Wildman–Crippen LogP) is 4.31. The van der Waals surface area contributed by atoms with Crippen molar-refractivity contribution >= 4 is 34.7 Å². The van der Waals surface area contributed by atoms with Crippen LogP contribution in [-0.2, 0) is 11.3 Å². The van der Waals surface area contributed by atoms with Gasteiger partial charge in [-0.15, -0.1) is 0 Å². The second kappa shape index (κ2) is 9.48. The third-order valence-corrected chi connectivity index (χ3v) is 4.34. The molecule has 0 unspecified atom stereocenters. The summed E-state index contributed by atoms with van der Waals surface area (Å²) < 4.78 is 7.19. The minimum Gasteiger partial charge on any atom is -0.379 e. The molecule has 1 heterocycles. The molecule has 0 saturated heterocycles. The number of hydrogen-bond acceptors (Lipinski definition) is 5. The van der Waals surface area contributed by atoms with Crippen LogP contribution < -0.4 is 11.0 Å². The third-order valence-electron chi connectivity index (χ3n) is 4.09. The molecule has 2 aromatic carbocycles. The van der Waals surface area contributed by atoms with Crippen molar-refractivity contribution in [3.05, 3.63) is 69.5 Å². The Morgan fingerprint density at radius 1 is 1.21 bits per heavy atom. The van der Waals surface area contributed by atoms with E-state index in [9.17, 15) is 4.79 Å². The molecule has 3 rings (SSSR count). The van der Waals surface area contributed by atoms with E-state index < -0.39 is 0 Å². The maximum absolute atomic E-state index is 12.9. The number of nitrogens with zero attached hydrogens (tertiary/aromatic N) is 3. The Balaban J connectivity index is 1.84. The Hall–Kier alpha value is -2.70. The monoisotopic (exact) mass is 398 g/mol. The van der Waals surface area contributed by atoms with Gasteiger partial charge in [-0.25, -0.2) is 10.4 Å². The van der Waals surface area contributed by atoms with Crippen molar-refractivity contribution in [1.82, 2.24) is 9.55 Å². The third kappa shape index (κ3) is 5.18. The summed E-state index contributed by atoms with van der Waals surface area (Å²) in [7, 11) is 0. The molecule has 7 heteroatoms. The van der Waals surface area contributed by atoms with E-state index >= 15 is 0 Å². The first-order chi connectivity index (χ1) is 13.5. The summed E-state index contributed by atoms with van der Waals surface area (Å²) in [6, 6.07) is 14.6. The van der Waals surface area contributed by atoms with E-state index in [1.54, 1.807) is 29.0 Å². The molecule has 0 aliphatic heterocycles. The number of benzene rings is 2. The van der Waals surface area contributed by atoms with Crippen molar-refractivity contribution in [1.29, 1.82) is 0 Å². The Morgan fingerprint density at radius 3 is 2.71 bits per heavy atom. The van der Waals surface area contributed by atoms with Gasteiger partial charge in [0, 0.05) is 18.2 Å². The molecule has 0 radical (unpaired) electrons. The van der Waals surface area contributed by atoms with Crippen LogP contribution in [0.25, 0.3) is 10.9 Å². The number of hydrazone groups is 1. The van der Waals surface area contributed by atoms with Crippen molar-refractivity contribution in [2.75, 3.05) is 12.0 Å². The summed E-state index contributed by atoms with van der Waals surface area (Å²) in [5.74, 6) is 0.401. The molecule has 0 aliphatic carbocycles. The fourth-order valence-electron chi connectivity index (χ4n) is 2.72. The Kier molecular flexibility index (Phi) is 6.79. The van der Waals surface area contributed by atoms with E-state index in [4.69, 9.17) is 16.3 Å². The smallest absolute Gasteiger partial charge is 0.262 e. The van der Waals surface area contributed by atoms with E-state index in [1.165, 1.54) is 0 Å². The summed E-state index contributed by atoms with van der Waals surface area (Å²) >= 11 is 5.90. The van der Waals surface area contributed by atoms with Crippen molar-refractivity contribution in [2.24, 2.45) is 5.10 Å². The summed E-state index contributed by atoms with van der Waals surface area (Å²) in [4.78, 5) is 17.5. The maximum atomic E-state index is 12.9. The average molecular weight is 399 g/mol. The molecular formula is C21H23ClN4O2. The molecule has 0 bridgehead atoms. The summed E-state index contributed by atoms with van der Waals surface area (Å²) in [5, 5.41) is 5.48. The number of halogens is 1. The zero-order valence-electron chi connectivity index (χ0n) is 15.9. The van der Waals surface area contributed by atoms with Gasteiger partial charge in [-0.05, 0) is 50.1 Å². The Labute approximate surface area is 168 Å². The normalized spacial score (nSPS) is 11.6. The topological polar surface area (TPSA) is 68.5 Å². The van der Waals surface area contributed by atoms with E-state index in [-0.39, 0.29) is 11.7 Å². The molecule has 1 N–H and O–H groups in total. The van der Waals surface area contributed by atoms with Crippen molar-refractivity contribution in [2.45, 2.75) is 32.9 Å². The van der Waals surface area contributed by atoms with Gasteiger partial charge >= 0.3 is 0 Å². The van der Waals surface area contributed by atoms with Crippen LogP contribution in [0.1, 0.15) is 25.8 Å². The summed E-state index contributed by atoms with van der Waals surface area (Å²) in [6.45, 7) is 5.04. The largest absolute Gasteiger partial charge is 0.379 e. The van der Waals surface area contributed by atoms with Gasteiger partial charge in [-0.1, -0.05) is 35.9 Å². The van der Waals surface area contributed by atoms with Gasteiger partial charge in [0.2, 0.25) is 5.95 Å². The fraction of sp³-hybridized carbons (Fsp3) is 0.286. The lowest BCUT2D eigenvalue weighted by molar-refractivity contribution is 0.0748. The van der Waals surface area contributed by atoms with Gasteiger partial charge in [0.05, 0.1) is 23.2 Å². The molecular weight excluding hydrogens is 376 g/mol. The van der Waals surface area contributed by atoms with Gasteiger partial charge in [-0.2, -0.15) is 5.10 Å². The van der Waals surface area contributed by atoms with E-state index in [0.717, 1.165) is 5.56 Å². The first-order valence-electron chi connectivity index (χ1n) is 9.20. The lowest BCUT2D eigenvalue weighted by Crippen LogP contribution is -2.25. The zero-order valence-corrected chi connectivity index (χ0v) is 16.7. The van der Waals surface area contributed by atoms with Crippen LogP contribution in [0.15, 0.2) is 58.4 Å². The van der Waals surface area contributed by atoms with Gasteiger partial charge < -0.3 is 4.74 Å². The molecule has 0 aliphatic rings. The van der Waals surface area contributed by atoms with Crippen LogP contribution >= 0.6 is 11.6 Å². The van der Waals surface area contributed by atoms with Crippen LogP contribution in [0.2, 0.25) is 5.02 Å². The molecule has 0 amide bonds. The Morgan fingerprint density at radius 2 is 1.96 bits per heavy atom. The van der Waals surface area contributed by atoms with Crippen molar-refractivity contribution < 1.29 is 4.74 Å². The standard InChI is InChI=1S/C21H23ClN4O2/c1-15(2)28-13-5-12-26-20(27)18-6-3-4-7-19(18)24-21(26)25-23-14-16-8-10-17(22)11-9-16/h3-4,6-11,14-15H,5,12-13H2,1-2H3,(H,24,25)/b23-14-.